The van der Waals surface area contributed by atoms with Crippen molar-refractivity contribution >= 4 is 5.97 Å². The molecule has 0 bridgehead atoms. The maximum atomic E-state index is 10.4. The minimum atomic E-state index is -1.15. The Hall–Kier alpha value is -1.38. The van der Waals surface area contributed by atoms with E-state index >= 15 is 0 Å². The lowest BCUT2D eigenvalue weighted by Crippen LogP contribution is -2.22. The van der Waals surface area contributed by atoms with Crippen molar-refractivity contribution < 1.29 is 9.90 Å². The van der Waals surface area contributed by atoms with Gasteiger partial charge in [0.15, 0.2) is 0 Å². The third kappa shape index (κ3) is 1.77. The van der Waals surface area contributed by atoms with E-state index in [4.69, 9.17) is 0 Å². The SMILES string of the molecule is Cc1cc(C(=O)[O-])cc(C)n1. The standard InChI is InChI=1S/C8H9NO2/c1-5-3-7(8(10)11)4-6(2)9-5/h3-4H,1-2H3,(H,10,11)/p-1. The third-order valence-corrected chi connectivity index (χ3v) is 1.32. The summed E-state index contributed by atoms with van der Waals surface area (Å²) in [5.41, 5.74) is 1.59. The Labute approximate surface area is 64.7 Å². The second-order valence-corrected chi connectivity index (χ2v) is 2.43. The first-order valence-electron chi connectivity index (χ1n) is 3.26. The molecule has 0 aliphatic carbocycles. The van der Waals surface area contributed by atoms with Gasteiger partial charge in [-0.2, -0.15) is 0 Å². The number of hydrogen-bond donors (Lipinski definition) is 0. The highest BCUT2D eigenvalue weighted by atomic mass is 16.4. The van der Waals surface area contributed by atoms with Crippen LogP contribution in [0.1, 0.15) is 21.7 Å². The first-order chi connectivity index (χ1) is 5.09. The molecule has 1 heterocycles. The van der Waals surface area contributed by atoms with E-state index in [1.54, 1.807) is 13.8 Å². The molecular formula is C8H8NO2-. The second-order valence-electron chi connectivity index (χ2n) is 2.43. The van der Waals surface area contributed by atoms with E-state index < -0.39 is 5.97 Å². The van der Waals surface area contributed by atoms with Crippen LogP contribution in [0, 0.1) is 13.8 Å². The summed E-state index contributed by atoms with van der Waals surface area (Å²) in [5, 5.41) is 10.4. The van der Waals surface area contributed by atoms with Gasteiger partial charge in [-0.3, -0.25) is 4.98 Å². The van der Waals surface area contributed by atoms with Gasteiger partial charge in [-0.1, -0.05) is 0 Å². The molecule has 0 aliphatic heterocycles. The van der Waals surface area contributed by atoms with Crippen LogP contribution in [0.3, 0.4) is 0 Å². The summed E-state index contributed by atoms with van der Waals surface area (Å²) in [4.78, 5) is 14.4. The number of carboxylic acid groups (broad SMARTS) is 1. The number of hydrogen-bond acceptors (Lipinski definition) is 3. The maximum absolute atomic E-state index is 10.4. The summed E-state index contributed by atoms with van der Waals surface area (Å²) >= 11 is 0. The van der Waals surface area contributed by atoms with Crippen molar-refractivity contribution in [3.63, 3.8) is 0 Å². The van der Waals surface area contributed by atoms with Crippen LogP contribution in [0.5, 0.6) is 0 Å². The number of aromatic carboxylic acids is 1. The maximum Gasteiger partial charge on any atom is 0.0716 e. The summed E-state index contributed by atoms with van der Waals surface area (Å²) in [6, 6.07) is 2.98. The predicted molar refractivity (Wildman–Crippen MR) is 38.0 cm³/mol. The van der Waals surface area contributed by atoms with Crippen molar-refractivity contribution in [2.24, 2.45) is 0 Å². The fourth-order valence-electron chi connectivity index (χ4n) is 0.952. The molecule has 0 atom stereocenters. The van der Waals surface area contributed by atoms with Crippen LogP contribution in [0.15, 0.2) is 12.1 Å². The van der Waals surface area contributed by atoms with E-state index in [0.717, 1.165) is 0 Å². The zero-order chi connectivity index (χ0) is 8.43. The molecule has 0 fully saturated rings. The minimum Gasteiger partial charge on any atom is -0.545 e. The van der Waals surface area contributed by atoms with Crippen LogP contribution < -0.4 is 5.11 Å². The lowest BCUT2D eigenvalue weighted by atomic mass is 10.2. The molecule has 1 aromatic heterocycles. The van der Waals surface area contributed by atoms with E-state index in [-0.39, 0.29) is 5.56 Å². The van der Waals surface area contributed by atoms with Crippen LogP contribution in [0.2, 0.25) is 0 Å². The predicted octanol–water partition coefficient (Wildman–Crippen LogP) is 0.0619. The summed E-state index contributed by atoms with van der Waals surface area (Å²) < 4.78 is 0. The van der Waals surface area contributed by atoms with Crippen LogP contribution in [-0.2, 0) is 0 Å². The van der Waals surface area contributed by atoms with Gasteiger partial charge in [-0.25, -0.2) is 0 Å². The van der Waals surface area contributed by atoms with E-state index in [1.807, 2.05) is 0 Å². The van der Waals surface area contributed by atoms with Crippen molar-refractivity contribution in [2.45, 2.75) is 13.8 Å². The monoisotopic (exact) mass is 150 g/mol. The Bertz CT molecular complexity index is 274. The molecule has 0 unspecified atom stereocenters. The van der Waals surface area contributed by atoms with Gasteiger partial charge in [0, 0.05) is 17.0 Å². The Morgan fingerprint density at radius 2 is 1.82 bits per heavy atom. The molecule has 0 saturated carbocycles. The topological polar surface area (TPSA) is 53.0 Å². The van der Waals surface area contributed by atoms with Gasteiger partial charge >= 0.3 is 0 Å². The molecule has 0 aliphatic rings. The number of carboxylic acids is 1. The highest BCUT2D eigenvalue weighted by Gasteiger charge is 1.95. The molecule has 11 heavy (non-hydrogen) atoms. The zero-order valence-electron chi connectivity index (χ0n) is 6.42. The quantitative estimate of drug-likeness (QED) is 0.569. The molecule has 1 rings (SSSR count). The Kier molecular flexibility index (Phi) is 1.89. The van der Waals surface area contributed by atoms with Gasteiger partial charge in [-0.15, -0.1) is 0 Å². The Balaban J connectivity index is 3.19. The van der Waals surface area contributed by atoms with E-state index in [9.17, 15) is 9.90 Å². The van der Waals surface area contributed by atoms with Gasteiger partial charge in [0.25, 0.3) is 0 Å². The number of carbonyl (C=O) groups excluding carboxylic acids is 1. The van der Waals surface area contributed by atoms with Crippen molar-refractivity contribution in [3.05, 3.63) is 29.1 Å². The molecule has 0 saturated heterocycles. The number of rotatable bonds is 1. The summed E-state index contributed by atoms with van der Waals surface area (Å²) in [6.45, 7) is 3.50. The molecule has 0 spiro atoms. The number of pyridine rings is 1. The van der Waals surface area contributed by atoms with Gasteiger partial charge < -0.3 is 9.90 Å². The van der Waals surface area contributed by atoms with E-state index in [0.29, 0.717) is 11.4 Å². The highest BCUT2D eigenvalue weighted by molar-refractivity contribution is 5.85. The molecule has 1 aromatic rings. The Morgan fingerprint density at radius 3 is 2.18 bits per heavy atom. The van der Waals surface area contributed by atoms with Crippen molar-refractivity contribution in [2.75, 3.05) is 0 Å². The fraction of sp³-hybridized carbons (Fsp3) is 0.250. The molecule has 0 N–H and O–H groups in total. The second kappa shape index (κ2) is 2.70. The number of aromatic nitrogens is 1. The molecule has 0 radical (unpaired) electrons. The minimum absolute atomic E-state index is 0.190. The van der Waals surface area contributed by atoms with E-state index in [1.165, 1.54) is 12.1 Å². The number of aryl methyl sites for hydroxylation is 2. The summed E-state index contributed by atoms with van der Waals surface area (Å²) in [7, 11) is 0. The third-order valence-electron chi connectivity index (χ3n) is 1.32. The van der Waals surface area contributed by atoms with Crippen LogP contribution in [0.4, 0.5) is 0 Å². The van der Waals surface area contributed by atoms with Crippen LogP contribution >= 0.6 is 0 Å². The fourth-order valence-corrected chi connectivity index (χ4v) is 0.952. The van der Waals surface area contributed by atoms with Crippen molar-refractivity contribution in [1.82, 2.24) is 4.98 Å². The van der Waals surface area contributed by atoms with E-state index in [2.05, 4.69) is 4.98 Å². The first-order valence-corrected chi connectivity index (χ1v) is 3.26. The van der Waals surface area contributed by atoms with Crippen molar-refractivity contribution in [1.29, 1.82) is 0 Å². The molecule has 0 aromatic carbocycles. The normalized spacial score (nSPS) is 9.64. The molecular weight excluding hydrogens is 142 g/mol. The highest BCUT2D eigenvalue weighted by Crippen LogP contribution is 2.02. The van der Waals surface area contributed by atoms with Gasteiger partial charge in [0.1, 0.15) is 0 Å². The lowest BCUT2D eigenvalue weighted by molar-refractivity contribution is -0.255. The van der Waals surface area contributed by atoms with Gasteiger partial charge in [-0.05, 0) is 26.0 Å². The molecule has 58 valence electrons. The average molecular weight is 150 g/mol. The van der Waals surface area contributed by atoms with Crippen molar-refractivity contribution in [3.8, 4) is 0 Å². The van der Waals surface area contributed by atoms with Gasteiger partial charge in [0.05, 0.1) is 5.97 Å². The smallest absolute Gasteiger partial charge is 0.0716 e. The van der Waals surface area contributed by atoms with Crippen LogP contribution in [-0.4, -0.2) is 11.0 Å². The van der Waals surface area contributed by atoms with Crippen LogP contribution in [0.25, 0.3) is 0 Å². The number of nitrogens with zero attached hydrogens (tertiary/aromatic N) is 1. The van der Waals surface area contributed by atoms with Gasteiger partial charge in [0.2, 0.25) is 0 Å². The average Bonchev–Trinajstić information content (AvgIpc) is 1.85. The number of carbonyl (C=O) groups is 1. The zero-order valence-corrected chi connectivity index (χ0v) is 6.42. The summed E-state index contributed by atoms with van der Waals surface area (Å²) in [6.07, 6.45) is 0. The lowest BCUT2D eigenvalue weighted by Gasteiger charge is -2.03. The first kappa shape index (κ1) is 7.72. The molecule has 0 amide bonds. The molecule has 3 heteroatoms. The summed E-state index contributed by atoms with van der Waals surface area (Å²) in [5.74, 6) is -1.15. The largest absolute Gasteiger partial charge is 0.545 e. The molecule has 3 nitrogen and oxygen atoms in total. The Morgan fingerprint density at radius 1 is 1.36 bits per heavy atom.